The molecule has 3 rings (SSSR count). The van der Waals surface area contributed by atoms with Crippen molar-refractivity contribution in [1.82, 2.24) is 4.98 Å². The van der Waals surface area contributed by atoms with Crippen LogP contribution in [0.3, 0.4) is 0 Å². The van der Waals surface area contributed by atoms with Crippen LogP contribution in [0.4, 0.5) is 10.1 Å². The van der Waals surface area contributed by atoms with Gasteiger partial charge in [0, 0.05) is 36.1 Å². The minimum atomic E-state index is -1.00. The Kier molecular flexibility index (Phi) is 3.68. The first-order valence-corrected chi connectivity index (χ1v) is 7.21. The van der Waals surface area contributed by atoms with E-state index in [4.69, 9.17) is 0 Å². The van der Waals surface area contributed by atoms with Gasteiger partial charge in [-0.2, -0.15) is 0 Å². The first-order chi connectivity index (χ1) is 9.78. The Hall–Kier alpha value is -1.90. The molecule has 3 heteroatoms. The molecule has 0 amide bonds. The molecule has 0 spiro atoms. The lowest BCUT2D eigenvalue weighted by molar-refractivity contribution is 0.340. The van der Waals surface area contributed by atoms with Crippen LogP contribution in [0.15, 0.2) is 36.5 Å². The number of para-hydroxylation sites is 1. The van der Waals surface area contributed by atoms with E-state index < -0.39 is 6.17 Å². The highest BCUT2D eigenvalue weighted by atomic mass is 19.1. The van der Waals surface area contributed by atoms with Gasteiger partial charge < -0.3 is 5.32 Å². The maximum absolute atomic E-state index is 14.6. The normalized spacial score (nSPS) is 14.7. The second-order valence-electron chi connectivity index (χ2n) is 5.24. The molecule has 104 valence electrons. The van der Waals surface area contributed by atoms with Crippen molar-refractivity contribution in [1.29, 1.82) is 0 Å². The van der Waals surface area contributed by atoms with E-state index in [0.29, 0.717) is 6.42 Å². The van der Waals surface area contributed by atoms with Gasteiger partial charge in [0.2, 0.25) is 0 Å². The maximum atomic E-state index is 14.6. The number of anilines is 1. The first kappa shape index (κ1) is 13.1. The Morgan fingerprint density at radius 3 is 2.95 bits per heavy atom. The zero-order chi connectivity index (χ0) is 13.9. The van der Waals surface area contributed by atoms with Gasteiger partial charge in [-0.15, -0.1) is 0 Å². The Morgan fingerprint density at radius 1 is 1.30 bits per heavy atom. The quantitative estimate of drug-likeness (QED) is 0.912. The van der Waals surface area contributed by atoms with E-state index in [1.807, 2.05) is 30.5 Å². The van der Waals surface area contributed by atoms with Gasteiger partial charge in [-0.05, 0) is 30.0 Å². The van der Waals surface area contributed by atoms with Crippen molar-refractivity contribution in [2.45, 2.75) is 32.4 Å². The molecular formula is C17H19FN2. The number of pyridine rings is 1. The summed E-state index contributed by atoms with van der Waals surface area (Å²) in [5.74, 6) is 0. The summed E-state index contributed by atoms with van der Waals surface area (Å²) in [7, 11) is 0. The number of halogens is 1. The van der Waals surface area contributed by atoms with Crippen LogP contribution < -0.4 is 5.32 Å². The lowest BCUT2D eigenvalue weighted by Gasteiger charge is -2.13. The number of hydrogen-bond donors (Lipinski definition) is 1. The summed E-state index contributed by atoms with van der Waals surface area (Å²) in [5.41, 5.74) is 4.97. The minimum absolute atomic E-state index is 0.335. The number of rotatable bonds is 4. The van der Waals surface area contributed by atoms with Crippen LogP contribution in [0.25, 0.3) is 0 Å². The molecule has 1 atom stereocenters. The highest BCUT2D eigenvalue weighted by Crippen LogP contribution is 2.33. The second kappa shape index (κ2) is 5.61. The highest BCUT2D eigenvalue weighted by Gasteiger charge is 2.20. The molecule has 1 N–H and O–H groups in total. The first-order valence-electron chi connectivity index (χ1n) is 7.21. The van der Waals surface area contributed by atoms with Crippen LogP contribution in [-0.2, 0) is 19.3 Å². The highest BCUT2D eigenvalue weighted by molar-refractivity contribution is 5.62. The van der Waals surface area contributed by atoms with Crippen LogP contribution >= 0.6 is 0 Å². The van der Waals surface area contributed by atoms with Crippen molar-refractivity contribution in [2.75, 3.05) is 11.9 Å². The predicted molar refractivity (Wildman–Crippen MR) is 79.8 cm³/mol. The number of nitrogens with zero attached hydrogens (tertiary/aromatic N) is 1. The topological polar surface area (TPSA) is 24.9 Å². The van der Waals surface area contributed by atoms with Crippen LogP contribution in [-0.4, -0.2) is 11.5 Å². The largest absolute Gasteiger partial charge is 0.384 e. The van der Waals surface area contributed by atoms with E-state index in [9.17, 15) is 4.39 Å². The Balaban J connectivity index is 1.79. The number of fused-ring (bicyclic) bond motifs is 1. The summed E-state index contributed by atoms with van der Waals surface area (Å²) in [6, 6.07) is 9.86. The fourth-order valence-corrected chi connectivity index (χ4v) is 2.71. The summed E-state index contributed by atoms with van der Waals surface area (Å²) in [6.07, 6.45) is 3.12. The third-order valence-corrected chi connectivity index (χ3v) is 3.90. The molecule has 2 nitrogen and oxygen atoms in total. The van der Waals surface area contributed by atoms with Crippen LogP contribution in [0.5, 0.6) is 0 Å². The molecule has 0 aliphatic carbocycles. The van der Waals surface area contributed by atoms with Gasteiger partial charge in [-0.1, -0.05) is 31.2 Å². The average molecular weight is 270 g/mol. The van der Waals surface area contributed by atoms with Gasteiger partial charge >= 0.3 is 0 Å². The molecule has 0 saturated carbocycles. The smallest absolute Gasteiger partial charge is 0.133 e. The van der Waals surface area contributed by atoms with Gasteiger partial charge in [-0.25, -0.2) is 4.39 Å². The predicted octanol–water partition coefficient (Wildman–Crippen LogP) is 3.87. The summed E-state index contributed by atoms with van der Waals surface area (Å²) < 4.78 is 14.6. The molecule has 1 unspecified atom stereocenters. The third-order valence-electron chi connectivity index (χ3n) is 3.90. The van der Waals surface area contributed by atoms with Crippen LogP contribution in [0.2, 0.25) is 0 Å². The number of hydrogen-bond acceptors (Lipinski definition) is 2. The minimum Gasteiger partial charge on any atom is -0.384 e. The molecule has 1 aliphatic heterocycles. The Labute approximate surface area is 119 Å². The monoisotopic (exact) mass is 270 g/mol. The molecule has 2 heterocycles. The van der Waals surface area contributed by atoms with E-state index in [1.165, 1.54) is 11.1 Å². The van der Waals surface area contributed by atoms with Crippen LogP contribution in [0.1, 0.15) is 35.5 Å². The molecule has 0 saturated heterocycles. The summed E-state index contributed by atoms with van der Waals surface area (Å²) in [5, 5.41) is 3.29. The van der Waals surface area contributed by atoms with Gasteiger partial charge in [0.1, 0.15) is 6.17 Å². The zero-order valence-electron chi connectivity index (χ0n) is 11.7. The van der Waals surface area contributed by atoms with Gasteiger partial charge in [0.15, 0.2) is 0 Å². The van der Waals surface area contributed by atoms with Crippen molar-refractivity contribution in [2.24, 2.45) is 0 Å². The molecular weight excluding hydrogens is 251 g/mol. The fraction of sp³-hybridized carbons (Fsp3) is 0.353. The van der Waals surface area contributed by atoms with Crippen molar-refractivity contribution in [3.05, 3.63) is 58.9 Å². The molecule has 1 aromatic carbocycles. The summed E-state index contributed by atoms with van der Waals surface area (Å²) >= 11 is 0. The maximum Gasteiger partial charge on any atom is 0.133 e. The molecule has 2 aromatic rings. The molecule has 1 aliphatic rings. The number of nitrogens with one attached hydrogen (secondary N) is 1. The van der Waals surface area contributed by atoms with Crippen LogP contribution in [0, 0.1) is 0 Å². The lowest BCUT2D eigenvalue weighted by atomic mass is 10.0. The van der Waals surface area contributed by atoms with Gasteiger partial charge in [0.25, 0.3) is 0 Å². The van der Waals surface area contributed by atoms with Gasteiger partial charge in [-0.3, -0.25) is 4.98 Å². The molecule has 0 fully saturated rings. The van der Waals surface area contributed by atoms with E-state index in [0.717, 1.165) is 36.3 Å². The number of alkyl halides is 1. The van der Waals surface area contributed by atoms with Crippen molar-refractivity contribution in [3.8, 4) is 0 Å². The SMILES string of the molecule is CCc1ccc(CC(F)c2cccc3c2NCC3)nc1. The number of benzene rings is 1. The third kappa shape index (κ3) is 2.53. The number of aryl methyl sites for hydroxylation is 1. The average Bonchev–Trinajstić information content (AvgIpc) is 2.96. The summed E-state index contributed by atoms with van der Waals surface area (Å²) in [6.45, 7) is 3.00. The fourth-order valence-electron chi connectivity index (χ4n) is 2.71. The molecule has 0 bridgehead atoms. The van der Waals surface area contributed by atoms with Crippen molar-refractivity contribution >= 4 is 5.69 Å². The molecule has 1 aromatic heterocycles. The lowest BCUT2D eigenvalue weighted by Crippen LogP contribution is -2.03. The van der Waals surface area contributed by atoms with Crippen molar-refractivity contribution in [3.63, 3.8) is 0 Å². The number of aromatic nitrogens is 1. The van der Waals surface area contributed by atoms with E-state index in [2.05, 4.69) is 23.3 Å². The second-order valence-corrected chi connectivity index (χ2v) is 5.24. The van der Waals surface area contributed by atoms with Gasteiger partial charge in [0.05, 0.1) is 0 Å². The standard InChI is InChI=1S/C17H19FN2/c1-2-12-6-7-14(20-11-12)10-16(18)15-5-3-4-13-8-9-19-17(13)15/h3-7,11,16,19H,2,8-10H2,1H3. The van der Waals surface area contributed by atoms with E-state index in [-0.39, 0.29) is 0 Å². The molecule has 0 radical (unpaired) electrons. The Bertz CT molecular complexity index is 592. The van der Waals surface area contributed by atoms with E-state index >= 15 is 0 Å². The zero-order valence-corrected chi connectivity index (χ0v) is 11.7. The summed E-state index contributed by atoms with van der Waals surface area (Å²) in [4.78, 5) is 4.35. The Morgan fingerprint density at radius 2 is 2.20 bits per heavy atom. The van der Waals surface area contributed by atoms with E-state index in [1.54, 1.807) is 0 Å². The molecule has 20 heavy (non-hydrogen) atoms. The van der Waals surface area contributed by atoms with Crippen molar-refractivity contribution < 1.29 is 4.39 Å².